The van der Waals surface area contributed by atoms with Crippen LogP contribution in [0.5, 0.6) is 5.75 Å². The van der Waals surface area contributed by atoms with E-state index < -0.39 is 48.0 Å². The van der Waals surface area contributed by atoms with Gasteiger partial charge in [0.15, 0.2) is 23.3 Å². The van der Waals surface area contributed by atoms with Gasteiger partial charge in [0.2, 0.25) is 5.60 Å². The fourth-order valence-electron chi connectivity index (χ4n) is 6.78. The Morgan fingerprint density at radius 2 is 2.00 bits per heavy atom. The van der Waals surface area contributed by atoms with Gasteiger partial charge in [-0.2, -0.15) is 0 Å². The Bertz CT molecular complexity index is 2120. The molecule has 2 aromatic heterocycles. The van der Waals surface area contributed by atoms with Gasteiger partial charge in [0, 0.05) is 43.4 Å². The summed E-state index contributed by atoms with van der Waals surface area (Å²) in [4.78, 5) is 49.8. The minimum Gasteiger partial charge on any atom is -0.496 e. The second kappa shape index (κ2) is 16.2. The van der Waals surface area contributed by atoms with Gasteiger partial charge >= 0.3 is 12.0 Å². The van der Waals surface area contributed by atoms with Crippen LogP contribution in [-0.4, -0.2) is 99.4 Å². The highest BCUT2D eigenvalue weighted by Gasteiger charge is 2.57. The van der Waals surface area contributed by atoms with Crippen LogP contribution < -0.4 is 20.3 Å². The third kappa shape index (κ3) is 7.69. The van der Waals surface area contributed by atoms with Gasteiger partial charge in [-0.05, 0) is 56.5 Å². The number of carbonyl (C=O) groups excluding carboxylic acids is 3. The molecule has 0 aliphatic carbocycles. The Hall–Kier alpha value is -5.24. The maximum Gasteiger partial charge on any atom is 0.346 e. The van der Waals surface area contributed by atoms with Crippen molar-refractivity contribution in [1.29, 1.82) is 0 Å². The predicted octanol–water partition coefficient (Wildman–Crippen LogP) is 3.71. The average molecular weight is 775 g/mol. The van der Waals surface area contributed by atoms with Crippen LogP contribution >= 0.6 is 11.6 Å². The van der Waals surface area contributed by atoms with Gasteiger partial charge in [-0.25, -0.2) is 19.6 Å². The van der Waals surface area contributed by atoms with E-state index in [1.54, 1.807) is 49.3 Å². The maximum absolute atomic E-state index is 13.6. The molecule has 16 heteroatoms. The van der Waals surface area contributed by atoms with Gasteiger partial charge < -0.3 is 39.8 Å². The third-order valence-corrected chi connectivity index (χ3v) is 10.1. The zero-order chi connectivity index (χ0) is 39.5. The number of Topliss-reactive ketones (excluding diaryl/α,β-unsaturated/α-hetero) is 1. The number of hydrogen-bond acceptors (Lipinski definition) is 12. The third-order valence-electron chi connectivity index (χ3n) is 9.87. The fourth-order valence-corrected chi connectivity index (χ4v) is 6.97. The number of pyridine rings is 1. The van der Waals surface area contributed by atoms with Crippen molar-refractivity contribution in [3.8, 4) is 18.1 Å². The molecule has 4 N–H and O–H groups in total. The molecular formula is C39H43ClN6O9. The highest BCUT2D eigenvalue weighted by Crippen LogP contribution is 2.40. The largest absolute Gasteiger partial charge is 0.496 e. The smallest absolute Gasteiger partial charge is 0.346 e. The van der Waals surface area contributed by atoms with Crippen LogP contribution in [0.4, 0.5) is 16.2 Å². The topological polar surface area (TPSA) is 187 Å². The lowest BCUT2D eigenvalue weighted by molar-refractivity contribution is -0.184. The summed E-state index contributed by atoms with van der Waals surface area (Å²) in [5, 5.41) is 29.4. The highest BCUT2D eigenvalue weighted by molar-refractivity contribution is 6.30. The Labute approximate surface area is 322 Å². The number of methoxy groups -OCH3 is 1. The number of amides is 2. The number of rotatable bonds is 14. The van der Waals surface area contributed by atoms with Crippen molar-refractivity contribution in [1.82, 2.24) is 19.9 Å². The Balaban J connectivity index is 1.25. The van der Waals surface area contributed by atoms with Crippen molar-refractivity contribution in [2.75, 3.05) is 43.6 Å². The maximum atomic E-state index is 13.6. The Kier molecular flexibility index (Phi) is 11.6. The predicted molar refractivity (Wildman–Crippen MR) is 203 cm³/mol. The molecule has 2 aliphatic rings. The van der Waals surface area contributed by atoms with E-state index in [4.69, 9.17) is 37.0 Å². The molecule has 2 saturated heterocycles. The first-order valence-corrected chi connectivity index (χ1v) is 18.1. The van der Waals surface area contributed by atoms with Gasteiger partial charge in [-0.3, -0.25) is 14.3 Å². The van der Waals surface area contributed by atoms with Gasteiger partial charge in [-0.15, -0.1) is 6.42 Å². The molecule has 2 aliphatic heterocycles. The number of terminal acetylenes is 1. The molecule has 0 radical (unpaired) electrons. The number of benzene rings is 2. The Morgan fingerprint density at radius 1 is 1.24 bits per heavy atom. The number of imidazole rings is 1. The quantitative estimate of drug-likeness (QED) is 0.0631. The number of ether oxygens (including phenoxy) is 4. The van der Waals surface area contributed by atoms with Crippen molar-refractivity contribution in [3.63, 3.8) is 0 Å². The van der Waals surface area contributed by atoms with Crippen LogP contribution in [-0.2, 0) is 36.8 Å². The number of esters is 1. The van der Waals surface area contributed by atoms with Crippen LogP contribution in [0, 0.1) is 19.3 Å². The zero-order valence-corrected chi connectivity index (χ0v) is 31.6. The molecule has 2 fully saturated rings. The molecular weight excluding hydrogens is 732 g/mol. The number of nitrogens with one attached hydrogen (secondary N) is 2. The van der Waals surface area contributed by atoms with E-state index in [2.05, 4.69) is 26.5 Å². The van der Waals surface area contributed by atoms with Crippen molar-refractivity contribution >= 4 is 51.9 Å². The number of nitrogens with zero attached hydrogens (tertiary/aromatic N) is 4. The number of halogens is 1. The number of aryl methyl sites for hydroxylation is 1. The number of fused-ring (bicyclic) bond motifs is 1. The molecule has 0 saturated carbocycles. The van der Waals surface area contributed by atoms with Crippen LogP contribution in [0.3, 0.4) is 0 Å². The molecule has 5 atom stereocenters. The van der Waals surface area contributed by atoms with Crippen LogP contribution in [0.1, 0.15) is 43.2 Å². The van der Waals surface area contributed by atoms with E-state index in [1.807, 2.05) is 25.1 Å². The number of ketones is 1. The first-order chi connectivity index (χ1) is 26.3. The summed E-state index contributed by atoms with van der Waals surface area (Å²) >= 11 is 6.46. The normalized spacial score (nSPS) is 22.1. The van der Waals surface area contributed by atoms with E-state index >= 15 is 0 Å². The number of aromatic nitrogens is 3. The molecule has 6 rings (SSSR count). The zero-order valence-electron chi connectivity index (χ0n) is 30.9. The summed E-state index contributed by atoms with van der Waals surface area (Å²) in [5.74, 6) is 1.30. The standard InChI is InChI=1S/C39H43ClN6O9/c1-6-38(51)30(21-54-39(24(4)47,36(49)53-7-2)19-25-10-13-27(14-11-25)45-16-8-15-41-37(45)50)55-35(33(38)48)46-22-43-32-28(18-31(40)44-34(32)46)42-20-26-12-9-23(3)17-29(26)52-5/h1,9-14,17-18,22,30,33,35,48,51H,7-8,15-16,19-21H2,2-5H3,(H,41,50)(H,42,44)/t30-,33+,35-,38-,39?/m1/s1. The molecule has 2 aromatic carbocycles. The van der Waals surface area contributed by atoms with Crippen molar-refractivity contribution in [2.24, 2.45) is 0 Å². The van der Waals surface area contributed by atoms with E-state index in [1.165, 1.54) is 17.8 Å². The molecule has 4 aromatic rings. The molecule has 15 nitrogen and oxygen atoms in total. The summed E-state index contributed by atoms with van der Waals surface area (Å²) in [6, 6.07) is 14.0. The summed E-state index contributed by atoms with van der Waals surface area (Å²) in [6.45, 7) is 5.60. The highest BCUT2D eigenvalue weighted by atomic mass is 35.5. The summed E-state index contributed by atoms with van der Waals surface area (Å²) in [5.41, 5.74) is -0.297. The van der Waals surface area contributed by atoms with E-state index in [0.717, 1.165) is 17.5 Å². The monoisotopic (exact) mass is 774 g/mol. The van der Waals surface area contributed by atoms with Crippen LogP contribution in [0.2, 0.25) is 5.15 Å². The lowest BCUT2D eigenvalue weighted by Gasteiger charge is -2.32. The molecule has 0 spiro atoms. The van der Waals surface area contributed by atoms with Gasteiger partial charge in [0.25, 0.3) is 0 Å². The SMILES string of the molecule is C#C[C@@]1(O)[C@@H](COC(Cc2ccc(N3CCCNC3=O)cc2)(C(C)=O)C(=O)OCC)O[C@@H](n2cnc3c(NCc4ccc(C)cc4OC)cc(Cl)nc32)[C@@H]1O. The molecule has 2 amide bonds. The van der Waals surface area contributed by atoms with Crippen molar-refractivity contribution < 1.29 is 43.5 Å². The first kappa shape index (κ1) is 39.5. The minimum absolute atomic E-state index is 0.0477. The minimum atomic E-state index is -2.35. The summed E-state index contributed by atoms with van der Waals surface area (Å²) in [7, 11) is 1.60. The Morgan fingerprint density at radius 3 is 2.67 bits per heavy atom. The van der Waals surface area contributed by atoms with Crippen LogP contribution in [0.15, 0.2) is 54.9 Å². The van der Waals surface area contributed by atoms with Gasteiger partial charge in [-0.1, -0.05) is 41.8 Å². The van der Waals surface area contributed by atoms with Gasteiger partial charge in [0.05, 0.1) is 32.3 Å². The van der Waals surface area contributed by atoms with Crippen molar-refractivity contribution in [3.05, 3.63) is 76.7 Å². The lowest BCUT2D eigenvalue weighted by Crippen LogP contribution is -2.55. The lowest BCUT2D eigenvalue weighted by atomic mass is 9.89. The summed E-state index contributed by atoms with van der Waals surface area (Å²) in [6.07, 6.45) is 3.17. The molecule has 4 heterocycles. The van der Waals surface area contributed by atoms with E-state index in [9.17, 15) is 24.6 Å². The molecule has 0 bridgehead atoms. The molecule has 290 valence electrons. The molecule has 55 heavy (non-hydrogen) atoms. The summed E-state index contributed by atoms with van der Waals surface area (Å²) < 4.78 is 24.5. The average Bonchev–Trinajstić information content (AvgIpc) is 3.70. The number of aliphatic hydroxyl groups excluding tert-OH is 1. The van der Waals surface area contributed by atoms with Crippen molar-refractivity contribution in [2.45, 2.75) is 69.8 Å². The second-order valence-corrected chi connectivity index (χ2v) is 13.8. The number of urea groups is 1. The van der Waals surface area contributed by atoms with E-state index in [0.29, 0.717) is 47.8 Å². The first-order valence-electron chi connectivity index (χ1n) is 17.8. The van der Waals surface area contributed by atoms with Gasteiger partial charge in [0.1, 0.15) is 28.6 Å². The molecule has 1 unspecified atom stereocenters. The fraction of sp³-hybridized carbons (Fsp3) is 0.410. The number of carbonyl (C=O) groups is 3. The number of anilines is 2. The van der Waals surface area contributed by atoms with Crippen LogP contribution in [0.25, 0.3) is 11.2 Å². The second-order valence-electron chi connectivity index (χ2n) is 13.4. The number of aliphatic hydroxyl groups is 2. The number of hydrogen-bond donors (Lipinski definition) is 4. The van der Waals surface area contributed by atoms with E-state index in [-0.39, 0.29) is 29.9 Å².